The third-order valence-corrected chi connectivity index (χ3v) is 8.93. The van der Waals surface area contributed by atoms with Crippen molar-refractivity contribution in [2.45, 2.75) is 52.4 Å². The summed E-state index contributed by atoms with van der Waals surface area (Å²) in [4.78, 5) is 19.4. The molecule has 238 valence electrons. The van der Waals surface area contributed by atoms with Crippen molar-refractivity contribution in [3.05, 3.63) is 121 Å². The van der Waals surface area contributed by atoms with Crippen molar-refractivity contribution >= 4 is 21.8 Å². The average molecular weight is 631 g/mol. The molecule has 7 aromatic rings. The number of aromatic hydroxyl groups is 2. The molecule has 0 bridgehead atoms. The fourth-order valence-corrected chi connectivity index (χ4v) is 6.33. The van der Waals surface area contributed by atoms with Crippen LogP contribution in [0.3, 0.4) is 0 Å². The van der Waals surface area contributed by atoms with Gasteiger partial charge in [-0.2, -0.15) is 0 Å². The van der Waals surface area contributed by atoms with Crippen LogP contribution in [-0.2, 0) is 12.8 Å². The number of phenolic OH excluding ortho intramolecular Hbond substituents is 2. The quantitative estimate of drug-likeness (QED) is 0.146. The highest BCUT2D eigenvalue weighted by molar-refractivity contribution is 6.04. The molecule has 0 spiro atoms. The minimum Gasteiger partial charge on any atom is -0.507 e. The van der Waals surface area contributed by atoms with Crippen molar-refractivity contribution < 1.29 is 10.2 Å². The Labute approximate surface area is 280 Å². The van der Waals surface area contributed by atoms with Crippen LogP contribution in [0.25, 0.3) is 66.8 Å². The van der Waals surface area contributed by atoms with Crippen LogP contribution in [0.15, 0.2) is 109 Å². The zero-order valence-corrected chi connectivity index (χ0v) is 27.3. The van der Waals surface area contributed by atoms with Crippen molar-refractivity contribution in [1.29, 1.82) is 0 Å². The Morgan fingerprint density at radius 3 is 1.25 bits per heavy atom. The summed E-state index contributed by atoms with van der Waals surface area (Å²) in [6, 6.07) is 31.7. The molecule has 0 atom stereocenters. The lowest BCUT2D eigenvalue weighted by molar-refractivity contribution is 0.478. The zero-order valence-electron chi connectivity index (χ0n) is 27.3. The maximum atomic E-state index is 11.6. The minimum absolute atomic E-state index is 0.158. The van der Waals surface area contributed by atoms with Crippen molar-refractivity contribution in [2.24, 2.45) is 0 Å². The van der Waals surface area contributed by atoms with E-state index in [1.807, 2.05) is 72.8 Å². The molecule has 0 aliphatic carbocycles. The predicted octanol–water partition coefficient (Wildman–Crippen LogP) is 10.3. The van der Waals surface area contributed by atoms with Gasteiger partial charge in [0.15, 0.2) is 0 Å². The maximum Gasteiger partial charge on any atom is 0.134 e. The molecule has 4 aromatic heterocycles. The molecule has 0 amide bonds. The van der Waals surface area contributed by atoms with Gasteiger partial charge >= 0.3 is 0 Å². The molecular weight excluding hydrogens is 592 g/mol. The first-order valence-electron chi connectivity index (χ1n) is 16.8. The van der Waals surface area contributed by atoms with Crippen LogP contribution in [0.4, 0.5) is 0 Å². The molecule has 0 aliphatic rings. The summed E-state index contributed by atoms with van der Waals surface area (Å²) >= 11 is 0. The lowest BCUT2D eigenvalue weighted by Crippen LogP contribution is -1.96. The summed E-state index contributed by atoms with van der Waals surface area (Å²) in [5, 5.41) is 25.2. The molecule has 0 radical (unpaired) electrons. The van der Waals surface area contributed by atoms with Gasteiger partial charge in [-0.3, -0.25) is 9.97 Å². The Morgan fingerprint density at radius 1 is 0.479 bits per heavy atom. The molecular formula is C42H38N4O2. The van der Waals surface area contributed by atoms with Crippen LogP contribution >= 0.6 is 0 Å². The number of aryl methyl sites for hydroxylation is 2. The second-order valence-electron chi connectivity index (χ2n) is 12.3. The molecule has 2 N–H and O–H groups in total. The van der Waals surface area contributed by atoms with E-state index < -0.39 is 0 Å². The Hall–Kier alpha value is -5.62. The molecule has 0 unspecified atom stereocenters. The van der Waals surface area contributed by atoms with Crippen molar-refractivity contribution in [1.82, 2.24) is 19.9 Å². The van der Waals surface area contributed by atoms with Gasteiger partial charge in [0.1, 0.15) is 11.5 Å². The predicted molar refractivity (Wildman–Crippen MR) is 195 cm³/mol. The number of nitrogens with zero attached hydrogens (tertiary/aromatic N) is 4. The molecule has 7 rings (SSSR count). The Balaban J connectivity index is 1.40. The first-order chi connectivity index (χ1) is 23.5. The van der Waals surface area contributed by atoms with Gasteiger partial charge < -0.3 is 10.2 Å². The van der Waals surface area contributed by atoms with E-state index in [4.69, 9.17) is 9.97 Å². The summed E-state index contributed by atoms with van der Waals surface area (Å²) in [5.74, 6) is 0.316. The number of fused-ring (bicyclic) bond motifs is 3. The monoisotopic (exact) mass is 630 g/mol. The second kappa shape index (κ2) is 13.6. The van der Waals surface area contributed by atoms with Crippen LogP contribution < -0.4 is 0 Å². The topological polar surface area (TPSA) is 92.0 Å². The van der Waals surface area contributed by atoms with E-state index in [0.29, 0.717) is 33.6 Å². The van der Waals surface area contributed by atoms with E-state index in [1.54, 1.807) is 12.4 Å². The van der Waals surface area contributed by atoms with Gasteiger partial charge in [-0.15, -0.1) is 0 Å². The molecule has 6 heteroatoms. The highest BCUT2D eigenvalue weighted by Gasteiger charge is 2.19. The van der Waals surface area contributed by atoms with Crippen LogP contribution in [0.5, 0.6) is 11.5 Å². The molecule has 0 saturated heterocycles. The zero-order chi connectivity index (χ0) is 33.0. The average Bonchev–Trinajstić information content (AvgIpc) is 3.14. The van der Waals surface area contributed by atoms with Gasteiger partial charge in [-0.25, -0.2) is 9.97 Å². The van der Waals surface area contributed by atoms with Gasteiger partial charge in [0.05, 0.1) is 33.8 Å². The molecule has 6 nitrogen and oxygen atoms in total. The molecule has 4 heterocycles. The third-order valence-electron chi connectivity index (χ3n) is 8.93. The molecule has 3 aromatic carbocycles. The highest BCUT2D eigenvalue weighted by Crippen LogP contribution is 2.41. The van der Waals surface area contributed by atoms with Gasteiger partial charge in [0, 0.05) is 45.4 Å². The lowest BCUT2D eigenvalue weighted by Gasteiger charge is -2.15. The Bertz CT molecular complexity index is 2070. The van der Waals surface area contributed by atoms with Crippen LogP contribution in [0.2, 0.25) is 0 Å². The minimum atomic E-state index is 0.158. The number of benzene rings is 3. The maximum absolute atomic E-state index is 11.6. The number of pyridine rings is 4. The summed E-state index contributed by atoms with van der Waals surface area (Å²) in [6.07, 6.45) is 9.51. The van der Waals surface area contributed by atoms with E-state index in [-0.39, 0.29) is 11.5 Å². The first-order valence-corrected chi connectivity index (χ1v) is 16.8. The normalized spacial score (nSPS) is 11.4. The number of hydrogen-bond acceptors (Lipinski definition) is 6. The summed E-state index contributed by atoms with van der Waals surface area (Å²) in [7, 11) is 0. The molecule has 48 heavy (non-hydrogen) atoms. The largest absolute Gasteiger partial charge is 0.507 e. The lowest BCUT2D eigenvalue weighted by atomic mass is 9.95. The van der Waals surface area contributed by atoms with E-state index in [0.717, 1.165) is 82.8 Å². The van der Waals surface area contributed by atoms with E-state index in [2.05, 4.69) is 48.1 Å². The summed E-state index contributed by atoms with van der Waals surface area (Å²) in [5.41, 5.74) is 9.22. The first kappa shape index (κ1) is 31.0. The highest BCUT2D eigenvalue weighted by atomic mass is 16.3. The smallest absolute Gasteiger partial charge is 0.134 e. The van der Waals surface area contributed by atoms with Crippen molar-refractivity contribution in [3.8, 4) is 56.5 Å². The second-order valence-corrected chi connectivity index (χ2v) is 12.3. The number of unbranched alkanes of at least 4 members (excludes halogenated alkanes) is 2. The summed E-state index contributed by atoms with van der Waals surface area (Å²) in [6.45, 7) is 4.36. The Kier molecular flexibility index (Phi) is 8.80. The van der Waals surface area contributed by atoms with Crippen molar-refractivity contribution in [2.75, 3.05) is 0 Å². The fourth-order valence-electron chi connectivity index (χ4n) is 6.33. The standard InChI is InChI=1S/C42H38N4O2/c1-3-5-11-27-23-31(35-13-7-9-21-43-35)41(47)33(25-27)37-19-17-29-15-16-30-18-20-38(46-40(30)39(29)45-37)34-26-28(12-6-4-2)24-32(42(34)48)36-14-8-10-22-44-36/h7-10,13-26,47-48H,3-6,11-12H2,1-2H3. The SMILES string of the molecule is CCCCc1cc(-c2ccccn2)c(O)c(-c2ccc3ccc4ccc(-c5cc(CCCC)cc(-c6ccccn6)c5O)nc4c3n2)c1. The van der Waals surface area contributed by atoms with Crippen LogP contribution in [0.1, 0.15) is 50.7 Å². The van der Waals surface area contributed by atoms with Gasteiger partial charge in [-0.1, -0.05) is 63.1 Å². The van der Waals surface area contributed by atoms with Crippen LogP contribution in [-0.4, -0.2) is 30.1 Å². The van der Waals surface area contributed by atoms with E-state index >= 15 is 0 Å². The number of hydrogen-bond donors (Lipinski definition) is 2. The van der Waals surface area contributed by atoms with E-state index in [9.17, 15) is 10.2 Å². The Morgan fingerprint density at radius 2 is 0.875 bits per heavy atom. The molecule has 0 fully saturated rings. The fraction of sp³-hybridized carbons (Fsp3) is 0.190. The van der Waals surface area contributed by atoms with Crippen LogP contribution in [0, 0.1) is 0 Å². The van der Waals surface area contributed by atoms with Gasteiger partial charge in [-0.05, 0) is 97.5 Å². The summed E-state index contributed by atoms with van der Waals surface area (Å²) < 4.78 is 0. The molecule has 0 saturated carbocycles. The van der Waals surface area contributed by atoms with Gasteiger partial charge in [0.2, 0.25) is 0 Å². The van der Waals surface area contributed by atoms with Crippen molar-refractivity contribution in [3.63, 3.8) is 0 Å². The third kappa shape index (κ3) is 6.09. The number of aromatic nitrogens is 4. The van der Waals surface area contributed by atoms with E-state index in [1.165, 1.54) is 0 Å². The molecule has 0 aliphatic heterocycles. The van der Waals surface area contributed by atoms with Gasteiger partial charge in [0.25, 0.3) is 0 Å². The number of rotatable bonds is 10. The number of phenols is 2.